The Morgan fingerprint density at radius 2 is 1.74 bits per heavy atom. The summed E-state index contributed by atoms with van der Waals surface area (Å²) in [7, 11) is 0. The maximum atomic E-state index is 12.8. The van der Waals surface area contributed by atoms with Crippen molar-refractivity contribution in [1.29, 1.82) is 0 Å². The van der Waals surface area contributed by atoms with Crippen molar-refractivity contribution in [3.63, 3.8) is 0 Å². The van der Waals surface area contributed by atoms with Crippen LogP contribution in [0.2, 0.25) is 0 Å². The van der Waals surface area contributed by atoms with E-state index >= 15 is 0 Å². The minimum atomic E-state index is -0.306. The van der Waals surface area contributed by atoms with Crippen molar-refractivity contribution in [2.45, 2.75) is 6.54 Å². The highest BCUT2D eigenvalue weighted by atomic mass is 19.1. The van der Waals surface area contributed by atoms with Crippen molar-refractivity contribution < 1.29 is 9.18 Å². The Balaban J connectivity index is 1.59. The molecule has 4 nitrogen and oxygen atoms in total. The molecule has 1 heterocycles. The van der Waals surface area contributed by atoms with Crippen LogP contribution in [-0.4, -0.2) is 10.6 Å². The van der Waals surface area contributed by atoms with Gasteiger partial charge in [-0.2, -0.15) is 0 Å². The molecule has 23 heavy (non-hydrogen) atoms. The molecule has 0 bridgehead atoms. The maximum Gasteiger partial charge on any atom is 0.319 e. The summed E-state index contributed by atoms with van der Waals surface area (Å²) < 4.78 is 14.8. The number of anilines is 1. The lowest BCUT2D eigenvalue weighted by Crippen LogP contribution is -2.28. The highest BCUT2D eigenvalue weighted by Gasteiger charge is 2.03. The van der Waals surface area contributed by atoms with Gasteiger partial charge in [0.25, 0.3) is 0 Å². The molecule has 1 aromatic heterocycles. The van der Waals surface area contributed by atoms with Crippen LogP contribution in [0.3, 0.4) is 0 Å². The van der Waals surface area contributed by atoms with Gasteiger partial charge in [-0.05, 0) is 48.0 Å². The molecule has 2 N–H and O–H groups in total. The van der Waals surface area contributed by atoms with Gasteiger partial charge in [-0.3, -0.25) is 0 Å². The second kappa shape index (κ2) is 6.79. The number of nitrogens with one attached hydrogen (secondary N) is 2. The van der Waals surface area contributed by atoms with E-state index in [2.05, 4.69) is 10.6 Å². The average Bonchev–Trinajstić information content (AvgIpc) is 3.09. The van der Waals surface area contributed by atoms with Gasteiger partial charge in [0.2, 0.25) is 0 Å². The van der Waals surface area contributed by atoms with Gasteiger partial charge in [0.15, 0.2) is 0 Å². The second-order valence-electron chi connectivity index (χ2n) is 5.07. The van der Waals surface area contributed by atoms with Gasteiger partial charge in [0, 0.05) is 30.3 Å². The number of nitrogens with zero attached hydrogens (tertiary/aromatic N) is 1. The van der Waals surface area contributed by atoms with Crippen molar-refractivity contribution in [3.8, 4) is 5.69 Å². The van der Waals surface area contributed by atoms with E-state index in [9.17, 15) is 9.18 Å². The molecule has 0 unspecified atom stereocenters. The van der Waals surface area contributed by atoms with Crippen LogP contribution in [0.1, 0.15) is 5.56 Å². The molecule has 0 spiro atoms. The van der Waals surface area contributed by atoms with E-state index in [0.717, 1.165) is 11.3 Å². The summed E-state index contributed by atoms with van der Waals surface area (Å²) in [6.07, 6.45) is 3.88. The second-order valence-corrected chi connectivity index (χ2v) is 5.07. The molecule has 0 aliphatic rings. The van der Waals surface area contributed by atoms with Gasteiger partial charge in [0.05, 0.1) is 0 Å². The standard InChI is InChI=1S/C18H16FN3O/c19-15-8-6-14(7-9-15)13-20-18(23)21-16-4-3-5-17(12-16)22-10-1-2-11-22/h1-12H,13H2,(H2,20,21,23). The first-order valence-electron chi connectivity index (χ1n) is 7.23. The Bertz CT molecular complexity index is 782. The normalized spacial score (nSPS) is 10.3. The first kappa shape index (κ1) is 14.8. The quantitative estimate of drug-likeness (QED) is 0.753. The van der Waals surface area contributed by atoms with Gasteiger partial charge < -0.3 is 15.2 Å². The monoisotopic (exact) mass is 309 g/mol. The predicted octanol–water partition coefficient (Wildman–Crippen LogP) is 3.94. The Hall–Kier alpha value is -3.08. The number of halogens is 1. The number of carbonyl (C=O) groups excluding carboxylic acids is 1. The van der Waals surface area contributed by atoms with Crippen LogP contribution in [0.25, 0.3) is 5.69 Å². The summed E-state index contributed by atoms with van der Waals surface area (Å²) in [5, 5.41) is 5.53. The summed E-state index contributed by atoms with van der Waals surface area (Å²) >= 11 is 0. The number of benzene rings is 2. The third-order valence-electron chi connectivity index (χ3n) is 3.37. The first-order chi connectivity index (χ1) is 11.2. The third-order valence-corrected chi connectivity index (χ3v) is 3.37. The van der Waals surface area contributed by atoms with Crippen molar-refractivity contribution in [2.24, 2.45) is 0 Å². The molecular formula is C18H16FN3O. The summed E-state index contributed by atoms with van der Waals surface area (Å²) in [4.78, 5) is 11.9. The number of hydrogen-bond acceptors (Lipinski definition) is 1. The van der Waals surface area contributed by atoms with Crippen molar-refractivity contribution in [3.05, 3.63) is 84.4 Å². The average molecular weight is 309 g/mol. The Kier molecular flexibility index (Phi) is 4.38. The van der Waals surface area contributed by atoms with Gasteiger partial charge in [-0.15, -0.1) is 0 Å². The lowest BCUT2D eigenvalue weighted by molar-refractivity contribution is 0.251. The van der Waals surface area contributed by atoms with Gasteiger partial charge >= 0.3 is 6.03 Å². The van der Waals surface area contributed by atoms with Gasteiger partial charge in [-0.1, -0.05) is 18.2 Å². The largest absolute Gasteiger partial charge is 0.334 e. The molecule has 0 radical (unpaired) electrons. The highest BCUT2D eigenvalue weighted by molar-refractivity contribution is 5.89. The minimum absolute atomic E-state index is 0.292. The van der Waals surface area contributed by atoms with Crippen molar-refractivity contribution >= 4 is 11.7 Å². The number of rotatable bonds is 4. The Morgan fingerprint density at radius 3 is 2.48 bits per heavy atom. The zero-order valence-electron chi connectivity index (χ0n) is 12.4. The Labute approximate surface area is 133 Å². The molecule has 0 atom stereocenters. The van der Waals surface area contributed by atoms with Crippen LogP contribution in [0.15, 0.2) is 73.1 Å². The van der Waals surface area contributed by atoms with E-state index in [1.54, 1.807) is 12.1 Å². The molecule has 2 aromatic carbocycles. The molecule has 116 valence electrons. The van der Waals surface area contributed by atoms with Crippen LogP contribution < -0.4 is 10.6 Å². The van der Waals surface area contributed by atoms with E-state index in [1.165, 1.54) is 12.1 Å². The molecular weight excluding hydrogens is 293 g/mol. The fourth-order valence-corrected chi connectivity index (χ4v) is 2.21. The van der Waals surface area contributed by atoms with E-state index in [-0.39, 0.29) is 11.8 Å². The fourth-order valence-electron chi connectivity index (χ4n) is 2.21. The van der Waals surface area contributed by atoms with Crippen LogP contribution >= 0.6 is 0 Å². The fraction of sp³-hybridized carbons (Fsp3) is 0.0556. The molecule has 3 rings (SSSR count). The molecule has 5 heteroatoms. The van der Waals surface area contributed by atoms with Crippen LogP contribution in [0, 0.1) is 5.82 Å². The van der Waals surface area contributed by atoms with Gasteiger partial charge in [0.1, 0.15) is 5.82 Å². The van der Waals surface area contributed by atoms with E-state index in [0.29, 0.717) is 12.2 Å². The summed E-state index contributed by atoms with van der Waals surface area (Å²) in [5.74, 6) is -0.292. The number of hydrogen-bond donors (Lipinski definition) is 2. The van der Waals surface area contributed by atoms with E-state index < -0.39 is 0 Å². The molecule has 3 aromatic rings. The zero-order chi connectivity index (χ0) is 16.1. The summed E-state index contributed by atoms with van der Waals surface area (Å²) in [5.41, 5.74) is 2.50. The molecule has 0 aliphatic carbocycles. The number of amides is 2. The smallest absolute Gasteiger partial charge is 0.319 e. The van der Waals surface area contributed by atoms with Crippen LogP contribution in [0.5, 0.6) is 0 Å². The van der Waals surface area contributed by atoms with Crippen molar-refractivity contribution in [2.75, 3.05) is 5.32 Å². The summed E-state index contributed by atoms with van der Waals surface area (Å²) in [6.45, 7) is 0.337. The summed E-state index contributed by atoms with van der Waals surface area (Å²) in [6, 6.07) is 17.1. The lowest BCUT2D eigenvalue weighted by Gasteiger charge is -2.10. The van der Waals surface area contributed by atoms with Gasteiger partial charge in [-0.25, -0.2) is 9.18 Å². The number of aromatic nitrogens is 1. The SMILES string of the molecule is O=C(NCc1ccc(F)cc1)Nc1cccc(-n2cccc2)c1. The molecule has 2 amide bonds. The van der Waals surface area contributed by atoms with Crippen molar-refractivity contribution in [1.82, 2.24) is 9.88 Å². The minimum Gasteiger partial charge on any atom is -0.334 e. The van der Waals surface area contributed by atoms with E-state index in [4.69, 9.17) is 0 Å². The highest BCUT2D eigenvalue weighted by Crippen LogP contribution is 2.14. The van der Waals surface area contributed by atoms with Crippen LogP contribution in [0.4, 0.5) is 14.9 Å². The lowest BCUT2D eigenvalue weighted by atomic mass is 10.2. The molecule has 0 saturated carbocycles. The molecule has 0 saturated heterocycles. The van der Waals surface area contributed by atoms with Crippen LogP contribution in [-0.2, 0) is 6.54 Å². The predicted molar refractivity (Wildman–Crippen MR) is 88.0 cm³/mol. The number of carbonyl (C=O) groups is 1. The third kappa shape index (κ3) is 3.97. The Morgan fingerprint density at radius 1 is 1.00 bits per heavy atom. The van der Waals surface area contributed by atoms with E-state index in [1.807, 2.05) is 53.4 Å². The topological polar surface area (TPSA) is 46.1 Å². The maximum absolute atomic E-state index is 12.8. The molecule has 0 fully saturated rings. The first-order valence-corrected chi connectivity index (χ1v) is 7.23. The molecule has 0 aliphatic heterocycles. The zero-order valence-corrected chi connectivity index (χ0v) is 12.4. The number of urea groups is 1.